The molecule has 10 aromatic rings. The van der Waals surface area contributed by atoms with Gasteiger partial charge in [0.2, 0.25) is 0 Å². The molecule has 0 saturated carbocycles. The van der Waals surface area contributed by atoms with Crippen molar-refractivity contribution in [2.75, 3.05) is 0 Å². The van der Waals surface area contributed by atoms with E-state index in [9.17, 15) is 4.79 Å². The van der Waals surface area contributed by atoms with Crippen molar-refractivity contribution in [1.29, 1.82) is 0 Å². The quantitative estimate of drug-likeness (QED) is 0.191. The van der Waals surface area contributed by atoms with Crippen molar-refractivity contribution in [3.63, 3.8) is 0 Å². The average molecular weight is 628 g/mol. The highest BCUT2D eigenvalue weighted by Crippen LogP contribution is 2.39. The fourth-order valence-electron chi connectivity index (χ4n) is 7.72. The summed E-state index contributed by atoms with van der Waals surface area (Å²) in [4.78, 5) is 14.9. The van der Waals surface area contributed by atoms with Gasteiger partial charge in [0.25, 0.3) is 5.56 Å². The Kier molecular flexibility index (Phi) is 5.99. The number of pyridine rings is 1. The molecule has 0 bridgehead atoms. The first kappa shape index (κ1) is 27.5. The van der Waals surface area contributed by atoms with Gasteiger partial charge in [0.1, 0.15) is 0 Å². The van der Waals surface area contributed by atoms with Crippen LogP contribution in [0.3, 0.4) is 0 Å². The van der Waals surface area contributed by atoms with Crippen LogP contribution >= 0.6 is 0 Å². The van der Waals surface area contributed by atoms with Crippen LogP contribution in [0.2, 0.25) is 0 Å². The molecule has 0 fully saturated rings. The zero-order valence-electron chi connectivity index (χ0n) is 26.5. The van der Waals surface area contributed by atoms with Crippen molar-refractivity contribution in [1.82, 2.24) is 13.7 Å². The van der Waals surface area contributed by atoms with E-state index in [1.807, 2.05) is 53.1 Å². The van der Waals surface area contributed by atoms with Gasteiger partial charge in [0.15, 0.2) is 0 Å². The average Bonchev–Trinajstić information content (AvgIpc) is 3.69. The zero-order chi connectivity index (χ0) is 32.5. The van der Waals surface area contributed by atoms with E-state index in [2.05, 4.69) is 137 Å². The number of hydrogen-bond donors (Lipinski definition) is 0. The molecule has 0 saturated heterocycles. The van der Waals surface area contributed by atoms with E-state index in [4.69, 9.17) is 0 Å². The minimum atomic E-state index is -0.0357. The predicted molar refractivity (Wildman–Crippen MR) is 204 cm³/mol. The smallest absolute Gasteiger partial charge is 0.265 e. The molecule has 0 unspecified atom stereocenters. The SMILES string of the molecule is O=c1c2c3cc(-n4c5ccccc5c5cc(-c6ccccc6)ccc54)ccc3n(-c3ccccc3)c2c2ccccc2n1-c1ccccc1. The van der Waals surface area contributed by atoms with Crippen LogP contribution in [-0.4, -0.2) is 13.7 Å². The van der Waals surface area contributed by atoms with Gasteiger partial charge in [-0.2, -0.15) is 0 Å². The highest BCUT2D eigenvalue weighted by Gasteiger charge is 2.22. The largest absolute Gasteiger partial charge is 0.309 e. The lowest BCUT2D eigenvalue weighted by molar-refractivity contribution is 1.06. The number of benzene rings is 7. The van der Waals surface area contributed by atoms with Crippen molar-refractivity contribution in [3.05, 3.63) is 186 Å². The lowest BCUT2D eigenvalue weighted by Crippen LogP contribution is -2.19. The van der Waals surface area contributed by atoms with Crippen LogP contribution in [0, 0.1) is 0 Å². The summed E-state index contributed by atoms with van der Waals surface area (Å²) in [6.45, 7) is 0. The maximum atomic E-state index is 14.9. The number of fused-ring (bicyclic) bond motifs is 8. The molecule has 0 aliphatic heterocycles. The van der Waals surface area contributed by atoms with Crippen LogP contribution in [-0.2, 0) is 0 Å². The second-order valence-corrected chi connectivity index (χ2v) is 12.5. The molecule has 230 valence electrons. The van der Waals surface area contributed by atoms with Crippen LogP contribution in [0.1, 0.15) is 0 Å². The Labute approximate surface area is 281 Å². The van der Waals surface area contributed by atoms with Crippen LogP contribution in [0.5, 0.6) is 0 Å². The van der Waals surface area contributed by atoms with Crippen molar-refractivity contribution in [2.24, 2.45) is 0 Å². The highest BCUT2D eigenvalue weighted by molar-refractivity contribution is 6.18. The number of aromatic nitrogens is 3. The summed E-state index contributed by atoms with van der Waals surface area (Å²) in [5, 5.41) is 5.03. The lowest BCUT2D eigenvalue weighted by atomic mass is 10.0. The van der Waals surface area contributed by atoms with E-state index in [-0.39, 0.29) is 5.56 Å². The van der Waals surface area contributed by atoms with E-state index >= 15 is 0 Å². The lowest BCUT2D eigenvalue weighted by Gasteiger charge is -2.14. The molecule has 0 aliphatic carbocycles. The molecule has 0 spiro atoms. The summed E-state index contributed by atoms with van der Waals surface area (Å²) >= 11 is 0. The second-order valence-electron chi connectivity index (χ2n) is 12.5. The topological polar surface area (TPSA) is 31.9 Å². The number of rotatable bonds is 4. The van der Waals surface area contributed by atoms with E-state index in [1.54, 1.807) is 0 Å². The normalized spacial score (nSPS) is 11.8. The molecule has 49 heavy (non-hydrogen) atoms. The van der Waals surface area contributed by atoms with Gasteiger partial charge in [-0.15, -0.1) is 0 Å². The standard InChI is InChI=1S/C45H29N3O/c49-45-43-38-29-34(46-39-22-12-10-20-35(39)37-28-31(24-26-41(37)46)30-14-4-1-5-15-30)25-27-42(38)47(32-16-6-2-7-17-32)44(43)36-21-11-13-23-40(36)48(45)33-18-8-3-9-19-33/h1-29H. The van der Waals surface area contributed by atoms with Gasteiger partial charge in [-0.25, -0.2) is 0 Å². The van der Waals surface area contributed by atoms with Gasteiger partial charge < -0.3 is 9.13 Å². The fourth-order valence-corrected chi connectivity index (χ4v) is 7.72. The molecule has 4 nitrogen and oxygen atoms in total. The van der Waals surface area contributed by atoms with Crippen LogP contribution in [0.4, 0.5) is 0 Å². The summed E-state index contributed by atoms with van der Waals surface area (Å²) < 4.78 is 6.46. The minimum Gasteiger partial charge on any atom is -0.309 e. The summed E-state index contributed by atoms with van der Waals surface area (Å²) in [6, 6.07) is 61.0. The third-order valence-corrected chi connectivity index (χ3v) is 9.83. The molecule has 0 aliphatic rings. The number of para-hydroxylation sites is 4. The molecule has 0 amide bonds. The van der Waals surface area contributed by atoms with Crippen molar-refractivity contribution in [3.8, 4) is 28.2 Å². The molecule has 7 aromatic carbocycles. The molecular weight excluding hydrogens is 599 g/mol. The van der Waals surface area contributed by atoms with Crippen molar-refractivity contribution < 1.29 is 0 Å². The third-order valence-electron chi connectivity index (χ3n) is 9.83. The van der Waals surface area contributed by atoms with Crippen LogP contribution < -0.4 is 5.56 Å². The summed E-state index contributed by atoms with van der Waals surface area (Å²) in [6.07, 6.45) is 0. The fraction of sp³-hybridized carbons (Fsp3) is 0. The van der Waals surface area contributed by atoms with Crippen LogP contribution in [0.25, 0.3) is 82.7 Å². The summed E-state index contributed by atoms with van der Waals surface area (Å²) in [7, 11) is 0. The zero-order valence-corrected chi connectivity index (χ0v) is 26.5. The Hall–Kier alpha value is -6.65. The van der Waals surface area contributed by atoms with Gasteiger partial charge in [0, 0.05) is 38.6 Å². The molecule has 3 heterocycles. The van der Waals surface area contributed by atoms with E-state index in [0.29, 0.717) is 5.39 Å². The Bertz CT molecular complexity index is 2930. The highest BCUT2D eigenvalue weighted by atomic mass is 16.1. The molecule has 4 heteroatoms. The summed E-state index contributed by atoms with van der Waals surface area (Å²) in [5.41, 5.74) is 10.3. The maximum absolute atomic E-state index is 14.9. The molecular formula is C45H29N3O. The number of nitrogens with zero attached hydrogens (tertiary/aromatic N) is 3. The monoisotopic (exact) mass is 627 g/mol. The second kappa shape index (κ2) is 10.7. The van der Waals surface area contributed by atoms with E-state index < -0.39 is 0 Å². The number of hydrogen-bond acceptors (Lipinski definition) is 1. The molecule has 3 aromatic heterocycles. The van der Waals surface area contributed by atoms with Crippen LogP contribution in [0.15, 0.2) is 181 Å². The molecule has 0 radical (unpaired) electrons. The maximum Gasteiger partial charge on any atom is 0.265 e. The summed E-state index contributed by atoms with van der Waals surface area (Å²) in [5.74, 6) is 0. The minimum absolute atomic E-state index is 0.0357. The molecule has 0 atom stereocenters. The Morgan fingerprint density at radius 3 is 1.57 bits per heavy atom. The van der Waals surface area contributed by atoms with Gasteiger partial charge >= 0.3 is 0 Å². The molecule has 0 N–H and O–H groups in total. The Morgan fingerprint density at radius 2 is 0.857 bits per heavy atom. The van der Waals surface area contributed by atoms with E-state index in [1.165, 1.54) is 21.9 Å². The first-order chi connectivity index (χ1) is 24.3. The Morgan fingerprint density at radius 1 is 0.327 bits per heavy atom. The Balaban J connectivity index is 1.33. The van der Waals surface area contributed by atoms with Crippen molar-refractivity contribution >= 4 is 54.5 Å². The first-order valence-corrected chi connectivity index (χ1v) is 16.6. The third kappa shape index (κ3) is 4.07. The van der Waals surface area contributed by atoms with Gasteiger partial charge in [-0.05, 0) is 77.9 Å². The predicted octanol–water partition coefficient (Wildman–Crippen LogP) is 10.9. The van der Waals surface area contributed by atoms with Gasteiger partial charge in [-0.1, -0.05) is 109 Å². The molecule has 10 rings (SSSR count). The van der Waals surface area contributed by atoms with Crippen molar-refractivity contribution in [2.45, 2.75) is 0 Å². The van der Waals surface area contributed by atoms with Gasteiger partial charge in [0.05, 0.1) is 33.0 Å². The van der Waals surface area contributed by atoms with Gasteiger partial charge in [-0.3, -0.25) is 9.36 Å². The first-order valence-electron chi connectivity index (χ1n) is 16.6. The van der Waals surface area contributed by atoms with E-state index in [0.717, 1.165) is 55.4 Å².